The van der Waals surface area contributed by atoms with Crippen molar-refractivity contribution in [1.82, 2.24) is 0 Å². The monoisotopic (exact) mass is 222 g/mol. The highest BCUT2D eigenvalue weighted by Crippen LogP contribution is 2.21. The summed E-state index contributed by atoms with van der Waals surface area (Å²) in [6, 6.07) is 7.72. The van der Waals surface area contributed by atoms with Crippen LogP contribution in [0.5, 0.6) is 5.75 Å². The van der Waals surface area contributed by atoms with E-state index >= 15 is 0 Å². The quantitative estimate of drug-likeness (QED) is 0.718. The van der Waals surface area contributed by atoms with E-state index in [9.17, 15) is 4.79 Å². The van der Waals surface area contributed by atoms with Crippen molar-refractivity contribution in [1.29, 1.82) is 0 Å². The van der Waals surface area contributed by atoms with Crippen molar-refractivity contribution >= 4 is 5.97 Å². The van der Waals surface area contributed by atoms with Crippen LogP contribution in [0.3, 0.4) is 0 Å². The molecule has 1 aromatic carbocycles. The second-order valence-electron chi connectivity index (χ2n) is 3.67. The molecule has 88 valence electrons. The Morgan fingerprint density at radius 1 is 1.38 bits per heavy atom. The topological polar surface area (TPSA) is 35.5 Å². The van der Waals surface area contributed by atoms with Gasteiger partial charge in [0.25, 0.3) is 0 Å². The van der Waals surface area contributed by atoms with Crippen LogP contribution in [0, 0.1) is 5.92 Å². The normalized spacial score (nSPS) is 11.9. The standard InChI is InChI=1S/C13H18O3/c1-4-16-13(14)10(2)9-11-7-5-6-8-12(11)15-3/h5-8,10H,4,9H2,1-3H3. The van der Waals surface area contributed by atoms with E-state index in [4.69, 9.17) is 9.47 Å². The van der Waals surface area contributed by atoms with Gasteiger partial charge in [0.15, 0.2) is 0 Å². The molecule has 0 bridgehead atoms. The highest BCUT2D eigenvalue weighted by molar-refractivity contribution is 5.72. The Morgan fingerprint density at radius 2 is 2.06 bits per heavy atom. The number of esters is 1. The minimum Gasteiger partial charge on any atom is -0.496 e. The van der Waals surface area contributed by atoms with E-state index in [1.54, 1.807) is 7.11 Å². The molecule has 3 heteroatoms. The Kier molecular flexibility index (Phi) is 4.83. The molecule has 0 aliphatic heterocycles. The Balaban J connectivity index is 2.68. The molecule has 0 heterocycles. The third-order valence-electron chi connectivity index (χ3n) is 2.41. The number of rotatable bonds is 5. The minimum absolute atomic E-state index is 0.142. The summed E-state index contributed by atoms with van der Waals surface area (Å²) in [6.07, 6.45) is 0.642. The number of hydrogen-bond donors (Lipinski definition) is 0. The number of methoxy groups -OCH3 is 1. The van der Waals surface area contributed by atoms with E-state index in [0.29, 0.717) is 13.0 Å². The fourth-order valence-electron chi connectivity index (χ4n) is 1.57. The summed E-state index contributed by atoms with van der Waals surface area (Å²) in [5.74, 6) is 0.517. The molecule has 1 rings (SSSR count). The first-order valence-corrected chi connectivity index (χ1v) is 5.47. The van der Waals surface area contributed by atoms with E-state index in [2.05, 4.69) is 0 Å². The average molecular weight is 222 g/mol. The highest BCUT2D eigenvalue weighted by Gasteiger charge is 2.16. The molecule has 0 N–H and O–H groups in total. The zero-order chi connectivity index (χ0) is 12.0. The molecule has 1 aromatic rings. The van der Waals surface area contributed by atoms with Crippen molar-refractivity contribution in [3.05, 3.63) is 29.8 Å². The van der Waals surface area contributed by atoms with Gasteiger partial charge in [-0.3, -0.25) is 4.79 Å². The second kappa shape index (κ2) is 6.16. The van der Waals surface area contributed by atoms with Gasteiger partial charge in [-0.15, -0.1) is 0 Å². The molecule has 0 aliphatic rings. The molecule has 0 spiro atoms. The van der Waals surface area contributed by atoms with E-state index in [1.165, 1.54) is 0 Å². The SMILES string of the molecule is CCOC(=O)C(C)Cc1ccccc1OC. The van der Waals surface area contributed by atoms with Gasteiger partial charge in [0.2, 0.25) is 0 Å². The fourth-order valence-corrected chi connectivity index (χ4v) is 1.57. The molecule has 0 aliphatic carbocycles. The molecule has 1 atom stereocenters. The maximum absolute atomic E-state index is 11.5. The van der Waals surface area contributed by atoms with Crippen molar-refractivity contribution < 1.29 is 14.3 Å². The van der Waals surface area contributed by atoms with E-state index in [-0.39, 0.29) is 11.9 Å². The molecule has 3 nitrogen and oxygen atoms in total. The summed E-state index contributed by atoms with van der Waals surface area (Å²) in [5, 5.41) is 0. The summed E-state index contributed by atoms with van der Waals surface area (Å²) in [5.41, 5.74) is 1.03. The average Bonchev–Trinajstić information content (AvgIpc) is 2.30. The summed E-state index contributed by atoms with van der Waals surface area (Å²) in [4.78, 5) is 11.5. The van der Waals surface area contributed by atoms with Gasteiger partial charge in [-0.2, -0.15) is 0 Å². The number of carbonyl (C=O) groups excluding carboxylic acids is 1. The molecule has 0 fully saturated rings. The zero-order valence-corrected chi connectivity index (χ0v) is 10.0. The van der Waals surface area contributed by atoms with Crippen LogP contribution in [0.15, 0.2) is 24.3 Å². The van der Waals surface area contributed by atoms with E-state index in [0.717, 1.165) is 11.3 Å². The highest BCUT2D eigenvalue weighted by atomic mass is 16.5. The summed E-state index contributed by atoms with van der Waals surface area (Å²) >= 11 is 0. The zero-order valence-electron chi connectivity index (χ0n) is 10.0. The smallest absolute Gasteiger partial charge is 0.308 e. The van der Waals surface area contributed by atoms with E-state index < -0.39 is 0 Å². The van der Waals surface area contributed by atoms with Crippen molar-refractivity contribution in [2.24, 2.45) is 5.92 Å². The molecule has 0 saturated heterocycles. The van der Waals surface area contributed by atoms with Crippen LogP contribution in [0.4, 0.5) is 0 Å². The number of para-hydroxylation sites is 1. The van der Waals surface area contributed by atoms with Crippen LogP contribution < -0.4 is 4.74 Å². The van der Waals surface area contributed by atoms with Crippen molar-refractivity contribution in [3.63, 3.8) is 0 Å². The first-order chi connectivity index (χ1) is 7.69. The molecule has 1 unspecified atom stereocenters. The van der Waals surface area contributed by atoms with E-state index in [1.807, 2.05) is 38.1 Å². The Bertz CT molecular complexity index is 347. The van der Waals surface area contributed by atoms with Gasteiger partial charge < -0.3 is 9.47 Å². The third kappa shape index (κ3) is 3.26. The lowest BCUT2D eigenvalue weighted by Gasteiger charge is -2.12. The van der Waals surface area contributed by atoms with Gasteiger partial charge in [0, 0.05) is 0 Å². The minimum atomic E-state index is -0.159. The molecular weight excluding hydrogens is 204 g/mol. The first-order valence-electron chi connectivity index (χ1n) is 5.47. The predicted octanol–water partition coefficient (Wildman–Crippen LogP) is 2.44. The molecule has 0 aromatic heterocycles. The maximum Gasteiger partial charge on any atom is 0.308 e. The number of hydrogen-bond acceptors (Lipinski definition) is 3. The fraction of sp³-hybridized carbons (Fsp3) is 0.462. The van der Waals surface area contributed by atoms with Crippen LogP contribution in [0.1, 0.15) is 19.4 Å². The summed E-state index contributed by atoms with van der Waals surface area (Å²) < 4.78 is 10.2. The first kappa shape index (κ1) is 12.6. The molecule has 0 amide bonds. The lowest BCUT2D eigenvalue weighted by Crippen LogP contribution is -2.17. The Morgan fingerprint density at radius 3 is 2.69 bits per heavy atom. The van der Waals surface area contributed by atoms with Crippen molar-refractivity contribution in [3.8, 4) is 5.75 Å². The lowest BCUT2D eigenvalue weighted by atomic mass is 10.0. The van der Waals surface area contributed by atoms with Crippen LogP contribution in [0.2, 0.25) is 0 Å². The largest absolute Gasteiger partial charge is 0.496 e. The lowest BCUT2D eigenvalue weighted by molar-refractivity contribution is -0.147. The Labute approximate surface area is 96.4 Å². The second-order valence-corrected chi connectivity index (χ2v) is 3.67. The number of benzene rings is 1. The number of ether oxygens (including phenoxy) is 2. The maximum atomic E-state index is 11.5. The van der Waals surface area contributed by atoms with Gasteiger partial charge in [0.1, 0.15) is 5.75 Å². The van der Waals surface area contributed by atoms with Crippen molar-refractivity contribution in [2.45, 2.75) is 20.3 Å². The van der Waals surface area contributed by atoms with Gasteiger partial charge in [-0.05, 0) is 25.0 Å². The van der Waals surface area contributed by atoms with Gasteiger partial charge in [-0.1, -0.05) is 25.1 Å². The van der Waals surface area contributed by atoms with Gasteiger partial charge in [-0.25, -0.2) is 0 Å². The van der Waals surface area contributed by atoms with Crippen molar-refractivity contribution in [2.75, 3.05) is 13.7 Å². The molecule has 16 heavy (non-hydrogen) atoms. The molecule has 0 radical (unpaired) electrons. The van der Waals surface area contributed by atoms with Crippen LogP contribution in [-0.2, 0) is 16.0 Å². The number of carbonyl (C=O) groups is 1. The Hall–Kier alpha value is -1.51. The van der Waals surface area contributed by atoms with Crippen LogP contribution in [0.25, 0.3) is 0 Å². The van der Waals surface area contributed by atoms with Crippen LogP contribution >= 0.6 is 0 Å². The summed E-state index contributed by atoms with van der Waals surface area (Å²) in [7, 11) is 1.63. The molecular formula is C13H18O3. The van der Waals surface area contributed by atoms with Gasteiger partial charge >= 0.3 is 5.97 Å². The summed E-state index contributed by atoms with van der Waals surface area (Å²) in [6.45, 7) is 4.10. The third-order valence-corrected chi connectivity index (χ3v) is 2.41. The molecule has 0 saturated carbocycles. The van der Waals surface area contributed by atoms with Gasteiger partial charge in [0.05, 0.1) is 19.6 Å². The van der Waals surface area contributed by atoms with Crippen LogP contribution in [-0.4, -0.2) is 19.7 Å². The predicted molar refractivity (Wildman–Crippen MR) is 62.5 cm³/mol.